The van der Waals surface area contributed by atoms with Crippen molar-refractivity contribution in [2.24, 2.45) is 0 Å². The van der Waals surface area contributed by atoms with E-state index in [0.29, 0.717) is 0 Å². The Labute approximate surface area is 647 Å². The highest BCUT2D eigenvalue weighted by molar-refractivity contribution is 9.11. The quantitative estimate of drug-likeness (QED) is 0.120. The second-order valence-electron chi connectivity index (χ2n) is 26.7. The first kappa shape index (κ1) is 66.4. The molecule has 0 N–H and O–H groups in total. The lowest BCUT2D eigenvalue weighted by molar-refractivity contribution is -0.108. The Morgan fingerprint density at radius 3 is 0.811 bits per heavy atom. The van der Waals surface area contributed by atoms with Gasteiger partial charge in [0.1, 0.15) is 0 Å². The Morgan fingerprint density at radius 2 is 0.472 bits per heavy atom. The summed E-state index contributed by atoms with van der Waals surface area (Å²) in [4.78, 5) is 15.0. The van der Waals surface area contributed by atoms with Crippen molar-refractivity contribution in [3.63, 3.8) is 0 Å². The number of hydrogen-bond donors (Lipinski definition) is 0. The average molecular weight is 1610 g/mol. The van der Waals surface area contributed by atoms with Crippen LogP contribution >= 0.6 is 63.7 Å². The van der Waals surface area contributed by atoms with E-state index in [1.54, 1.807) is 0 Å². The fraction of sp³-hybridized carbons (Fsp3) is 0. The average Bonchev–Trinajstić information content (AvgIpc) is 1.04. The molecule has 1 nitrogen and oxygen atoms in total. The van der Waals surface area contributed by atoms with Crippen LogP contribution in [0.1, 0.15) is 22.3 Å². The summed E-state index contributed by atoms with van der Waals surface area (Å²) in [6, 6.07) is 129. The Balaban J connectivity index is 0.000000130. The van der Waals surface area contributed by atoms with Crippen LogP contribution in [0.15, 0.2) is 382 Å². The van der Waals surface area contributed by atoms with Gasteiger partial charge in [-0.3, -0.25) is 4.79 Å². The van der Waals surface area contributed by atoms with Crippen LogP contribution in [0.3, 0.4) is 0 Å². The predicted molar refractivity (Wildman–Crippen MR) is 464 cm³/mol. The van der Waals surface area contributed by atoms with Gasteiger partial charge in [-0.15, -0.1) is 0 Å². The second-order valence-corrected chi connectivity index (χ2v) is 30.3. The van der Waals surface area contributed by atoms with Crippen LogP contribution in [0, 0.1) is 11.8 Å². The molecule has 19 aromatic rings. The van der Waals surface area contributed by atoms with Gasteiger partial charge in [-0.1, -0.05) is 367 Å². The lowest BCUT2D eigenvalue weighted by atomic mass is 9.75. The number of benzene rings is 19. The Hall–Kier alpha value is -11.6. The maximum absolute atomic E-state index is 15.0. The van der Waals surface area contributed by atoms with Crippen molar-refractivity contribution in [1.29, 1.82) is 0 Å². The molecule has 498 valence electrons. The number of hydrogen-bond acceptors (Lipinski definition) is 1. The molecule has 0 aliphatic heterocycles. The summed E-state index contributed by atoms with van der Waals surface area (Å²) in [6.45, 7) is 0. The van der Waals surface area contributed by atoms with E-state index in [4.69, 9.17) is 0 Å². The number of ketones is 1. The largest absolute Gasteiger partial charge is 0.289 e. The molecule has 0 heterocycles. The summed E-state index contributed by atoms with van der Waals surface area (Å²) in [5.74, 6) is 6.29. The SMILES string of the molecule is Brc1ccc2c3ccc(Br)cc3c3c(-c4cccc5ccccc45)c(-c4ccccc4)c(-c4ccccc4)c(-c4cccc5ccccc45)c3c2c1.C(#Cc1ccccc1)c1ccccc1.O=C1C(c2cccc3ccccc23)=c2c(c3cc(Br)ccc3c3ccc(Br)cc23)=C1c1cccc2ccccc12. The molecule has 0 aromatic heterocycles. The summed E-state index contributed by atoms with van der Waals surface area (Å²) in [5, 5.41) is 23.1. The predicted octanol–water partition coefficient (Wildman–Crippen LogP) is 27.5. The van der Waals surface area contributed by atoms with Crippen LogP contribution in [0.25, 0.3) is 153 Å². The molecule has 106 heavy (non-hydrogen) atoms. The number of carbonyl (C=O) groups excluding carboxylic acids is 1. The number of fused-ring (bicyclic) bond motifs is 16. The van der Waals surface area contributed by atoms with Crippen LogP contribution in [-0.2, 0) is 4.79 Å². The van der Waals surface area contributed by atoms with Gasteiger partial charge in [0.2, 0.25) is 0 Å². The van der Waals surface area contributed by atoms with Gasteiger partial charge in [0.05, 0.1) is 0 Å². The maximum atomic E-state index is 15.0. The number of halogens is 4. The van der Waals surface area contributed by atoms with Gasteiger partial charge in [0.15, 0.2) is 5.78 Å². The zero-order valence-electron chi connectivity index (χ0n) is 57.1. The lowest BCUT2D eigenvalue weighted by Crippen LogP contribution is -2.27. The van der Waals surface area contributed by atoms with Crippen LogP contribution in [-0.4, -0.2) is 5.78 Å². The summed E-state index contributed by atoms with van der Waals surface area (Å²) in [5.41, 5.74) is 15.3. The smallest absolute Gasteiger partial charge is 0.195 e. The van der Waals surface area contributed by atoms with Crippen molar-refractivity contribution < 1.29 is 4.79 Å². The van der Waals surface area contributed by atoms with Crippen LogP contribution in [0.5, 0.6) is 0 Å². The summed E-state index contributed by atoms with van der Waals surface area (Å²) in [6.07, 6.45) is 0. The van der Waals surface area contributed by atoms with Gasteiger partial charge < -0.3 is 0 Å². The molecule has 20 rings (SSSR count). The molecule has 0 unspecified atom stereocenters. The van der Waals surface area contributed by atoms with Crippen molar-refractivity contribution in [3.8, 4) is 56.3 Å². The van der Waals surface area contributed by atoms with Crippen molar-refractivity contribution >= 4 is 178 Å². The second kappa shape index (κ2) is 28.5. The van der Waals surface area contributed by atoms with Crippen molar-refractivity contribution in [3.05, 3.63) is 415 Å². The molecular formula is C101H60Br4O. The molecule has 19 aromatic carbocycles. The standard InChI is InChI=1S/C50H30Br2.C37H20Br2O.C14H10/c51-35-25-27-39-40-28-26-36(52)30-44(40)50-48(42-24-12-20-32-14-8-10-22-38(32)42)46(34-17-5-2-6-18-34)45(33-15-3-1-4-16-33)47(49(50)43(39)29-35)41-23-11-19-31-13-7-9-21-37(31)41;38-23-15-17-27-28-18-16-24(39)20-32(28)34-33(31(27)19-23)35(29-13-5-9-21-7-1-3-11-25(21)29)37(40)36(34)30-14-6-10-22-8-2-4-12-26(22)30;1-3-7-13(8-4-1)11-12-14-9-5-2-6-10-14/h1-30H;1-20H;1-10H. The highest BCUT2D eigenvalue weighted by Crippen LogP contribution is 2.56. The summed E-state index contributed by atoms with van der Waals surface area (Å²) < 4.78 is 4.09. The zero-order valence-corrected chi connectivity index (χ0v) is 63.4. The van der Waals surface area contributed by atoms with E-state index in [2.05, 4.69) is 355 Å². The fourth-order valence-corrected chi connectivity index (χ4v) is 17.5. The molecule has 0 fully saturated rings. The van der Waals surface area contributed by atoms with Crippen molar-refractivity contribution in [2.45, 2.75) is 0 Å². The number of Topliss-reactive ketones (excluding diaryl/α,β-unsaturated/α-hetero) is 1. The molecule has 5 heteroatoms. The fourth-order valence-electron chi connectivity index (χ4n) is 16.1. The molecule has 0 amide bonds. The van der Waals surface area contributed by atoms with Crippen molar-refractivity contribution in [2.75, 3.05) is 0 Å². The van der Waals surface area contributed by atoms with E-state index in [-0.39, 0.29) is 5.78 Å². The van der Waals surface area contributed by atoms with Crippen LogP contribution < -0.4 is 10.4 Å². The minimum atomic E-state index is 0.0662. The topological polar surface area (TPSA) is 17.1 Å². The molecule has 0 saturated heterocycles. The van der Waals surface area contributed by atoms with Gasteiger partial charge in [-0.05, 0) is 225 Å². The van der Waals surface area contributed by atoms with E-state index < -0.39 is 0 Å². The van der Waals surface area contributed by atoms with Gasteiger partial charge >= 0.3 is 0 Å². The molecule has 0 radical (unpaired) electrons. The van der Waals surface area contributed by atoms with E-state index in [9.17, 15) is 0 Å². The lowest BCUT2D eigenvalue weighted by Gasteiger charge is -2.27. The van der Waals surface area contributed by atoms with Crippen molar-refractivity contribution in [1.82, 2.24) is 0 Å². The monoisotopic (exact) mass is 1600 g/mol. The highest BCUT2D eigenvalue weighted by Gasteiger charge is 2.32. The zero-order chi connectivity index (χ0) is 71.4. The Bertz CT molecular complexity index is 6560. The third-order valence-corrected chi connectivity index (χ3v) is 22.5. The van der Waals surface area contributed by atoms with E-state index in [1.807, 2.05) is 84.9 Å². The minimum absolute atomic E-state index is 0.0662. The first-order valence-electron chi connectivity index (χ1n) is 35.3. The van der Waals surface area contributed by atoms with Gasteiger partial charge in [0.25, 0.3) is 0 Å². The first-order valence-corrected chi connectivity index (χ1v) is 38.5. The molecule has 1 aliphatic rings. The van der Waals surface area contributed by atoms with Gasteiger partial charge in [-0.2, -0.15) is 0 Å². The van der Waals surface area contributed by atoms with E-state index >= 15 is 4.79 Å². The van der Waals surface area contributed by atoms with Crippen LogP contribution in [0.2, 0.25) is 0 Å². The number of rotatable bonds is 6. The highest BCUT2D eigenvalue weighted by atomic mass is 79.9. The number of carbonyl (C=O) groups is 1. The Morgan fingerprint density at radius 1 is 0.208 bits per heavy atom. The minimum Gasteiger partial charge on any atom is -0.289 e. The third kappa shape index (κ3) is 12.0. The maximum Gasteiger partial charge on any atom is 0.195 e. The normalized spacial score (nSPS) is 11.9. The molecule has 0 saturated carbocycles. The summed E-state index contributed by atoms with van der Waals surface area (Å²) in [7, 11) is 0. The molecular weight excluding hydrogens is 1550 g/mol. The van der Waals surface area contributed by atoms with E-state index in [0.717, 1.165) is 105 Å². The summed E-state index contributed by atoms with van der Waals surface area (Å²) >= 11 is 15.3. The first-order chi connectivity index (χ1) is 52.2. The van der Waals surface area contributed by atoms with Gasteiger partial charge in [-0.25, -0.2) is 0 Å². The van der Waals surface area contributed by atoms with Crippen LogP contribution in [0.4, 0.5) is 0 Å². The molecule has 0 bridgehead atoms. The molecule has 0 spiro atoms. The molecule has 1 aliphatic carbocycles. The van der Waals surface area contributed by atoms with E-state index in [1.165, 1.54) is 98.4 Å². The molecule has 0 atom stereocenters. The van der Waals surface area contributed by atoms with Gasteiger partial charge in [0, 0.05) is 50.6 Å². The third-order valence-electron chi connectivity index (χ3n) is 20.5. The Kier molecular flexibility index (Phi) is 17.8.